The normalized spacial score (nSPS) is 22.5. The first-order valence-electron chi connectivity index (χ1n) is 16.9. The molecule has 1 saturated heterocycles. The lowest BCUT2D eigenvalue weighted by Crippen LogP contribution is -2.61. The number of amides is 3. The summed E-state index contributed by atoms with van der Waals surface area (Å²) in [5.74, 6) is 0.679. The number of benzene rings is 2. The quantitative estimate of drug-likeness (QED) is 0.203. The van der Waals surface area contributed by atoms with Gasteiger partial charge in [0.1, 0.15) is 23.3 Å². The van der Waals surface area contributed by atoms with Gasteiger partial charge in [-0.2, -0.15) is 5.10 Å². The van der Waals surface area contributed by atoms with Crippen molar-refractivity contribution in [3.63, 3.8) is 0 Å². The number of para-hydroxylation sites is 1. The summed E-state index contributed by atoms with van der Waals surface area (Å²) in [7, 11) is 1.74. The minimum absolute atomic E-state index is 0.105. The van der Waals surface area contributed by atoms with E-state index < -0.39 is 17.5 Å². The summed E-state index contributed by atoms with van der Waals surface area (Å²) in [6.45, 7) is 5.62. The van der Waals surface area contributed by atoms with E-state index in [1.807, 2.05) is 49.4 Å². The maximum Gasteiger partial charge on any atom is 0.270 e. The summed E-state index contributed by atoms with van der Waals surface area (Å²) in [5.41, 5.74) is 2.43. The van der Waals surface area contributed by atoms with Crippen LogP contribution >= 0.6 is 0 Å². The van der Waals surface area contributed by atoms with Crippen LogP contribution in [-0.2, 0) is 26.8 Å². The highest BCUT2D eigenvalue weighted by Gasteiger charge is 2.50. The molecule has 2 aromatic heterocycles. The lowest BCUT2D eigenvalue weighted by Gasteiger charge is -2.45. The molecule has 0 radical (unpaired) electrons. The van der Waals surface area contributed by atoms with Crippen molar-refractivity contribution in [2.75, 3.05) is 26.4 Å². The summed E-state index contributed by atoms with van der Waals surface area (Å²) >= 11 is 0. The van der Waals surface area contributed by atoms with Gasteiger partial charge in [0.2, 0.25) is 11.8 Å². The Morgan fingerprint density at radius 3 is 2.62 bits per heavy atom. The van der Waals surface area contributed by atoms with Crippen molar-refractivity contribution >= 4 is 28.8 Å². The molecule has 1 unspecified atom stereocenters. The van der Waals surface area contributed by atoms with Gasteiger partial charge in [-0.15, -0.1) is 0 Å². The number of nitrogens with one attached hydrogen (secondary N) is 4. The van der Waals surface area contributed by atoms with Crippen molar-refractivity contribution < 1.29 is 23.9 Å². The number of fused-ring (bicyclic) bond motifs is 2. The number of aryl methyl sites for hydroxylation is 1. The molecule has 2 aromatic carbocycles. The van der Waals surface area contributed by atoms with Crippen molar-refractivity contribution in [3.8, 4) is 5.75 Å². The molecule has 1 aliphatic carbocycles. The van der Waals surface area contributed by atoms with E-state index in [-0.39, 0.29) is 35.7 Å². The van der Waals surface area contributed by atoms with Crippen LogP contribution in [0.1, 0.15) is 85.4 Å². The third-order valence-electron chi connectivity index (χ3n) is 10.6. The predicted molar refractivity (Wildman–Crippen MR) is 178 cm³/mol. The molecule has 7 rings (SSSR count). The second kappa shape index (κ2) is 12.7. The van der Waals surface area contributed by atoms with E-state index >= 15 is 0 Å². The van der Waals surface area contributed by atoms with Crippen LogP contribution in [0.4, 0.5) is 0 Å². The zero-order valence-electron chi connectivity index (χ0n) is 27.7. The lowest BCUT2D eigenvalue weighted by molar-refractivity contribution is -0.136. The van der Waals surface area contributed by atoms with Gasteiger partial charge in [0.05, 0.1) is 35.7 Å². The highest BCUT2D eigenvalue weighted by molar-refractivity contribution is 5.95. The number of carbonyl (C=O) groups excluding carboxylic acids is 3. The van der Waals surface area contributed by atoms with Crippen molar-refractivity contribution in [2.45, 2.75) is 69.4 Å². The Balaban J connectivity index is 1.23. The molecule has 0 spiro atoms. The Labute approximate surface area is 279 Å². The molecule has 12 heteroatoms. The monoisotopic (exact) mass is 653 g/mol. The lowest BCUT2D eigenvalue weighted by atomic mass is 9.65. The molecule has 1 saturated carbocycles. The van der Waals surface area contributed by atoms with Gasteiger partial charge in [-0.05, 0) is 73.4 Å². The van der Waals surface area contributed by atoms with Gasteiger partial charge in [-0.1, -0.05) is 37.6 Å². The van der Waals surface area contributed by atoms with Gasteiger partial charge in [0.15, 0.2) is 0 Å². The first kappa shape index (κ1) is 31.9. The average Bonchev–Trinajstić information content (AvgIpc) is 3.85. The van der Waals surface area contributed by atoms with Gasteiger partial charge >= 0.3 is 0 Å². The molecule has 4 heterocycles. The summed E-state index contributed by atoms with van der Waals surface area (Å²) < 4.78 is 13.4. The maximum atomic E-state index is 14.2. The molecule has 0 bridgehead atoms. The number of aromatic nitrogens is 4. The summed E-state index contributed by atoms with van der Waals surface area (Å²) in [5, 5.41) is 13.5. The van der Waals surface area contributed by atoms with Gasteiger partial charge in [0, 0.05) is 32.3 Å². The first-order valence-corrected chi connectivity index (χ1v) is 16.9. The minimum atomic E-state index is -0.967. The zero-order chi connectivity index (χ0) is 33.5. The number of carbonyl (C=O) groups is 3. The maximum absolute atomic E-state index is 14.2. The topological polar surface area (TPSA) is 152 Å². The molecule has 3 amide bonds. The minimum Gasteiger partial charge on any atom is -0.493 e. The molecule has 2 aliphatic heterocycles. The number of hydrogen-bond acceptors (Lipinski definition) is 7. The predicted octanol–water partition coefficient (Wildman–Crippen LogP) is 3.80. The van der Waals surface area contributed by atoms with Crippen LogP contribution < -0.4 is 20.7 Å². The molecule has 4 atom stereocenters. The highest BCUT2D eigenvalue weighted by Crippen LogP contribution is 2.45. The van der Waals surface area contributed by atoms with E-state index in [1.165, 1.54) is 0 Å². The number of aromatic amines is 1. The Morgan fingerprint density at radius 1 is 1.08 bits per heavy atom. The van der Waals surface area contributed by atoms with E-state index in [9.17, 15) is 14.4 Å². The van der Waals surface area contributed by atoms with Crippen LogP contribution in [0, 0.1) is 5.41 Å². The second-order valence-corrected chi connectivity index (χ2v) is 13.6. The number of hydrogen-bond donors (Lipinski definition) is 4. The van der Waals surface area contributed by atoms with Gasteiger partial charge in [0.25, 0.3) is 5.91 Å². The number of likely N-dealkylation sites (N-methyl/N-ethyl adjacent to an activating group) is 1. The number of rotatable bonds is 10. The van der Waals surface area contributed by atoms with Gasteiger partial charge in [-0.3, -0.25) is 19.1 Å². The largest absolute Gasteiger partial charge is 0.493 e. The number of H-pyrrole nitrogens is 1. The van der Waals surface area contributed by atoms with Crippen LogP contribution in [0.25, 0.3) is 11.0 Å². The molecule has 4 aromatic rings. The fourth-order valence-electron chi connectivity index (χ4n) is 7.59. The zero-order valence-corrected chi connectivity index (χ0v) is 27.7. The Kier molecular flexibility index (Phi) is 8.44. The van der Waals surface area contributed by atoms with Crippen LogP contribution in [0.3, 0.4) is 0 Å². The van der Waals surface area contributed by atoms with Gasteiger partial charge in [-0.25, -0.2) is 4.98 Å². The smallest absolute Gasteiger partial charge is 0.270 e. The first-order chi connectivity index (χ1) is 23.2. The average molecular weight is 654 g/mol. The van der Waals surface area contributed by atoms with Crippen molar-refractivity contribution in [1.82, 2.24) is 35.7 Å². The third kappa shape index (κ3) is 5.61. The van der Waals surface area contributed by atoms with Crippen molar-refractivity contribution in [2.24, 2.45) is 12.5 Å². The van der Waals surface area contributed by atoms with E-state index in [0.717, 1.165) is 41.7 Å². The summed E-state index contributed by atoms with van der Waals surface area (Å²) in [6, 6.07) is 14.3. The SMILES string of the molecule is CCNC(=O)[C@H](NC(=O)C1(c2ccc3[nH]c([C@@H](NC(=O)c4ccnn4C)[C@H]4CCOc5ccccc54)nc3c2)CCOC1)C1(C)CCC1. The number of imidazole rings is 1. The second-order valence-electron chi connectivity index (χ2n) is 13.6. The van der Waals surface area contributed by atoms with E-state index in [0.29, 0.717) is 49.6 Å². The molecule has 4 N–H and O–H groups in total. The van der Waals surface area contributed by atoms with Gasteiger partial charge < -0.3 is 30.4 Å². The summed E-state index contributed by atoms with van der Waals surface area (Å²) in [6.07, 6.45) is 5.58. The molecule has 12 nitrogen and oxygen atoms in total. The number of nitrogens with zero attached hydrogens (tertiary/aromatic N) is 3. The summed E-state index contributed by atoms with van der Waals surface area (Å²) in [4.78, 5) is 49.5. The van der Waals surface area contributed by atoms with E-state index in [2.05, 4.69) is 33.0 Å². The Morgan fingerprint density at radius 2 is 1.92 bits per heavy atom. The number of ether oxygens (including phenoxy) is 2. The molecular formula is C36H43N7O5. The fourth-order valence-corrected chi connectivity index (χ4v) is 7.59. The third-order valence-corrected chi connectivity index (χ3v) is 10.6. The van der Waals surface area contributed by atoms with Crippen molar-refractivity contribution in [3.05, 3.63) is 77.4 Å². The van der Waals surface area contributed by atoms with E-state index in [1.54, 1.807) is 24.0 Å². The molecular weight excluding hydrogens is 610 g/mol. The van der Waals surface area contributed by atoms with Crippen LogP contribution in [-0.4, -0.2) is 69.9 Å². The molecule has 252 valence electrons. The standard InChI is InChI=1S/C36H43N7O5/c1-4-37-33(45)30(35(2)14-7-15-35)42-34(46)36(16-19-47-21-36)22-10-11-25-26(20-22)40-31(39-25)29(41-32(44)27-12-17-38-43(27)3)24-13-18-48-28-9-6-5-8-23(24)28/h5-6,8-12,17,20,24,29-30H,4,7,13-16,18-19,21H2,1-3H3,(H,37,45)(H,39,40)(H,41,44)(H,42,46)/t24-,29-,30-,36?/m0/s1. The molecule has 2 fully saturated rings. The van der Waals surface area contributed by atoms with Crippen LogP contribution in [0.15, 0.2) is 54.7 Å². The Hall–Kier alpha value is -4.71. The van der Waals surface area contributed by atoms with E-state index in [4.69, 9.17) is 14.5 Å². The Bertz CT molecular complexity index is 1840. The van der Waals surface area contributed by atoms with Crippen LogP contribution in [0.5, 0.6) is 5.75 Å². The molecule has 3 aliphatic rings. The van der Waals surface area contributed by atoms with Crippen molar-refractivity contribution in [1.29, 1.82) is 0 Å². The highest BCUT2D eigenvalue weighted by atomic mass is 16.5. The van der Waals surface area contributed by atoms with Crippen LogP contribution in [0.2, 0.25) is 0 Å². The fraction of sp³-hybridized carbons (Fsp3) is 0.472. The molecule has 48 heavy (non-hydrogen) atoms.